The van der Waals surface area contributed by atoms with E-state index in [-0.39, 0.29) is 31.0 Å². The summed E-state index contributed by atoms with van der Waals surface area (Å²) in [6, 6.07) is 9.49. The minimum Gasteiger partial charge on any atom is -0.493 e. The Kier molecular flexibility index (Phi) is 9.82. The van der Waals surface area contributed by atoms with Gasteiger partial charge in [-0.05, 0) is 49.1 Å². The van der Waals surface area contributed by atoms with Gasteiger partial charge in [-0.2, -0.15) is 0 Å². The Labute approximate surface area is 201 Å². The molecule has 1 aromatic heterocycles. The maximum atomic E-state index is 13.5. The summed E-state index contributed by atoms with van der Waals surface area (Å²) in [4.78, 5) is 29.8. The Bertz CT molecular complexity index is 908. The van der Waals surface area contributed by atoms with E-state index in [1.165, 1.54) is 13.5 Å². The molecule has 186 valence electrons. The Hall–Kier alpha value is -3.00. The highest BCUT2D eigenvalue weighted by molar-refractivity contribution is 5.85. The maximum Gasteiger partial charge on any atom is 0.249 e. The highest BCUT2D eigenvalue weighted by atomic mass is 16.5. The molecule has 0 aliphatic heterocycles. The Morgan fingerprint density at radius 2 is 1.76 bits per heavy atom. The molecule has 1 aliphatic rings. The molecule has 34 heavy (non-hydrogen) atoms. The van der Waals surface area contributed by atoms with Gasteiger partial charge in [-0.25, -0.2) is 0 Å². The number of benzene rings is 1. The van der Waals surface area contributed by atoms with Gasteiger partial charge in [0.15, 0.2) is 11.5 Å². The van der Waals surface area contributed by atoms with Crippen molar-refractivity contribution in [2.45, 2.75) is 51.1 Å². The lowest BCUT2D eigenvalue weighted by atomic mass is 9.94. The lowest BCUT2D eigenvalue weighted by molar-refractivity contribution is -0.146. The van der Waals surface area contributed by atoms with Crippen molar-refractivity contribution in [1.29, 1.82) is 0 Å². The van der Waals surface area contributed by atoms with Crippen molar-refractivity contribution in [2.75, 3.05) is 41.0 Å². The van der Waals surface area contributed by atoms with E-state index in [9.17, 15) is 9.59 Å². The standard InChI is InChI=1S/C26H36N2O6/c1-31-19-26(30)28(21-8-5-4-6-9-21)18-25(29)27(17-22-10-7-15-34-22)14-13-20-11-12-23(32-2)24(16-20)33-3/h7,10-12,15-16,21H,4-6,8-9,13-14,17-19H2,1-3H3. The average molecular weight is 473 g/mol. The van der Waals surface area contributed by atoms with E-state index in [4.69, 9.17) is 18.6 Å². The van der Waals surface area contributed by atoms with E-state index in [1.54, 1.807) is 30.3 Å². The normalized spacial score (nSPS) is 14.0. The van der Waals surface area contributed by atoms with Crippen LogP contribution in [0, 0.1) is 0 Å². The molecule has 0 saturated heterocycles. The second-order valence-electron chi connectivity index (χ2n) is 8.58. The van der Waals surface area contributed by atoms with E-state index in [0.717, 1.165) is 31.2 Å². The number of carbonyl (C=O) groups is 2. The van der Waals surface area contributed by atoms with Crippen LogP contribution < -0.4 is 9.47 Å². The van der Waals surface area contributed by atoms with Crippen molar-refractivity contribution in [2.24, 2.45) is 0 Å². The van der Waals surface area contributed by atoms with Gasteiger partial charge >= 0.3 is 0 Å². The smallest absolute Gasteiger partial charge is 0.249 e. The molecule has 0 bridgehead atoms. The lowest BCUT2D eigenvalue weighted by Gasteiger charge is -2.35. The fourth-order valence-corrected chi connectivity index (χ4v) is 4.45. The molecule has 1 fully saturated rings. The van der Waals surface area contributed by atoms with Crippen LogP contribution in [-0.4, -0.2) is 68.7 Å². The van der Waals surface area contributed by atoms with Gasteiger partial charge in [0.25, 0.3) is 0 Å². The Balaban J connectivity index is 1.74. The van der Waals surface area contributed by atoms with Crippen LogP contribution in [0.15, 0.2) is 41.0 Å². The molecule has 0 N–H and O–H groups in total. The summed E-state index contributed by atoms with van der Waals surface area (Å²) < 4.78 is 21.3. The van der Waals surface area contributed by atoms with Gasteiger partial charge in [0.2, 0.25) is 11.8 Å². The predicted octanol–water partition coefficient (Wildman–Crippen LogP) is 3.68. The van der Waals surface area contributed by atoms with Gasteiger partial charge in [-0.3, -0.25) is 9.59 Å². The summed E-state index contributed by atoms with van der Waals surface area (Å²) in [6.45, 7) is 0.842. The first kappa shape index (κ1) is 25.6. The SMILES string of the molecule is COCC(=O)N(CC(=O)N(CCc1ccc(OC)c(OC)c1)Cc1ccco1)C1CCCCC1. The highest BCUT2D eigenvalue weighted by Crippen LogP contribution is 2.28. The van der Waals surface area contributed by atoms with Crippen LogP contribution in [-0.2, 0) is 27.3 Å². The number of methoxy groups -OCH3 is 3. The highest BCUT2D eigenvalue weighted by Gasteiger charge is 2.29. The first-order valence-corrected chi connectivity index (χ1v) is 11.8. The molecule has 2 amide bonds. The fourth-order valence-electron chi connectivity index (χ4n) is 4.45. The summed E-state index contributed by atoms with van der Waals surface area (Å²) in [5, 5.41) is 0. The van der Waals surface area contributed by atoms with Crippen molar-refractivity contribution >= 4 is 11.8 Å². The minimum atomic E-state index is -0.138. The van der Waals surface area contributed by atoms with Crippen molar-refractivity contribution in [3.05, 3.63) is 47.9 Å². The zero-order chi connectivity index (χ0) is 24.3. The molecule has 0 radical (unpaired) electrons. The Morgan fingerprint density at radius 3 is 2.41 bits per heavy atom. The van der Waals surface area contributed by atoms with Crippen LogP contribution >= 0.6 is 0 Å². The maximum absolute atomic E-state index is 13.5. The fraction of sp³-hybridized carbons (Fsp3) is 0.538. The van der Waals surface area contributed by atoms with Crippen LogP contribution in [0.5, 0.6) is 11.5 Å². The summed E-state index contributed by atoms with van der Waals surface area (Å²) in [6.07, 6.45) is 7.40. The van der Waals surface area contributed by atoms with Crippen molar-refractivity contribution in [1.82, 2.24) is 9.80 Å². The summed E-state index contributed by atoms with van der Waals surface area (Å²) in [7, 11) is 4.71. The number of amides is 2. The molecule has 0 atom stereocenters. The summed E-state index contributed by atoms with van der Waals surface area (Å²) in [5.74, 6) is 1.77. The molecular formula is C26H36N2O6. The number of carbonyl (C=O) groups excluding carboxylic acids is 2. The third-order valence-corrected chi connectivity index (χ3v) is 6.31. The van der Waals surface area contributed by atoms with Crippen molar-refractivity contribution < 1.29 is 28.2 Å². The molecular weight excluding hydrogens is 436 g/mol. The second kappa shape index (κ2) is 13.0. The first-order valence-electron chi connectivity index (χ1n) is 11.8. The van der Waals surface area contributed by atoms with Gasteiger partial charge in [0, 0.05) is 19.7 Å². The van der Waals surface area contributed by atoms with E-state index in [0.29, 0.717) is 36.8 Å². The number of hydrogen-bond donors (Lipinski definition) is 0. The molecule has 1 heterocycles. The third-order valence-electron chi connectivity index (χ3n) is 6.31. The Morgan fingerprint density at radius 1 is 1.00 bits per heavy atom. The van der Waals surface area contributed by atoms with Crippen molar-refractivity contribution in [3.63, 3.8) is 0 Å². The predicted molar refractivity (Wildman–Crippen MR) is 128 cm³/mol. The lowest BCUT2D eigenvalue weighted by Crippen LogP contribution is -2.49. The number of rotatable bonds is 12. The largest absolute Gasteiger partial charge is 0.493 e. The number of nitrogens with zero attached hydrogens (tertiary/aromatic N) is 2. The van der Waals surface area contributed by atoms with Gasteiger partial charge < -0.3 is 28.4 Å². The van der Waals surface area contributed by atoms with Crippen molar-refractivity contribution in [3.8, 4) is 11.5 Å². The average Bonchev–Trinajstić information content (AvgIpc) is 3.38. The molecule has 3 rings (SSSR count). The number of furan rings is 1. The molecule has 8 heteroatoms. The molecule has 8 nitrogen and oxygen atoms in total. The summed E-state index contributed by atoms with van der Waals surface area (Å²) in [5.41, 5.74) is 1.02. The topological polar surface area (TPSA) is 81.5 Å². The zero-order valence-corrected chi connectivity index (χ0v) is 20.5. The monoisotopic (exact) mass is 472 g/mol. The van der Waals surface area contributed by atoms with Gasteiger partial charge in [0.1, 0.15) is 18.9 Å². The molecule has 1 aliphatic carbocycles. The van der Waals surface area contributed by atoms with Gasteiger partial charge in [-0.15, -0.1) is 0 Å². The van der Waals surface area contributed by atoms with E-state index >= 15 is 0 Å². The quantitative estimate of drug-likeness (QED) is 0.469. The number of ether oxygens (including phenoxy) is 3. The van der Waals surface area contributed by atoms with Crippen LogP contribution in [0.2, 0.25) is 0 Å². The van der Waals surface area contributed by atoms with Crippen LogP contribution in [0.4, 0.5) is 0 Å². The van der Waals surface area contributed by atoms with Gasteiger partial charge in [0.05, 0.1) is 27.0 Å². The van der Waals surface area contributed by atoms with Gasteiger partial charge in [-0.1, -0.05) is 25.3 Å². The minimum absolute atomic E-state index is 0.0202. The van der Waals surface area contributed by atoms with E-state index < -0.39 is 0 Å². The molecule has 0 spiro atoms. The van der Waals surface area contributed by atoms with E-state index in [2.05, 4.69) is 0 Å². The molecule has 0 unspecified atom stereocenters. The molecule has 1 saturated carbocycles. The molecule has 2 aromatic rings. The van der Waals surface area contributed by atoms with Crippen LogP contribution in [0.3, 0.4) is 0 Å². The van der Waals surface area contributed by atoms with Crippen LogP contribution in [0.25, 0.3) is 0 Å². The zero-order valence-electron chi connectivity index (χ0n) is 20.5. The third kappa shape index (κ3) is 7.00. The summed E-state index contributed by atoms with van der Waals surface area (Å²) >= 11 is 0. The number of hydrogen-bond acceptors (Lipinski definition) is 6. The van der Waals surface area contributed by atoms with E-state index in [1.807, 2.05) is 30.3 Å². The second-order valence-corrected chi connectivity index (χ2v) is 8.58. The van der Waals surface area contributed by atoms with Crippen LogP contribution in [0.1, 0.15) is 43.4 Å². The molecule has 1 aromatic carbocycles. The first-order chi connectivity index (χ1) is 16.5.